The van der Waals surface area contributed by atoms with E-state index in [2.05, 4.69) is 4.74 Å². The van der Waals surface area contributed by atoms with Crippen molar-refractivity contribution in [2.24, 2.45) is 11.8 Å². The quantitative estimate of drug-likeness (QED) is 0.399. The van der Waals surface area contributed by atoms with Crippen LogP contribution in [0.4, 0.5) is 0 Å². The summed E-state index contributed by atoms with van der Waals surface area (Å²) in [6.45, 7) is 1.98. The summed E-state index contributed by atoms with van der Waals surface area (Å²) in [6, 6.07) is 0. The lowest BCUT2D eigenvalue weighted by Crippen LogP contribution is -2.21. The second kappa shape index (κ2) is 2.44. The number of carbonyl (C=O) groups excluding carboxylic acids is 2. The molecular formula is C9H10O3. The van der Waals surface area contributed by atoms with Gasteiger partial charge in [0.05, 0.1) is 5.92 Å². The number of fused-ring (bicyclic) bond motifs is 1. The summed E-state index contributed by atoms with van der Waals surface area (Å²) < 4.78 is 4.53. The van der Waals surface area contributed by atoms with Crippen LogP contribution in [-0.4, -0.2) is 11.9 Å². The molecule has 2 rings (SSSR count). The van der Waals surface area contributed by atoms with E-state index >= 15 is 0 Å². The molecule has 1 heterocycles. The molecule has 0 unspecified atom stereocenters. The first-order valence-corrected chi connectivity index (χ1v) is 4.16. The van der Waals surface area contributed by atoms with Crippen LogP contribution in [0.5, 0.6) is 0 Å². The molecule has 2 atom stereocenters. The Labute approximate surface area is 70.4 Å². The average Bonchev–Trinajstić information content (AvgIpc) is 2.29. The molecule has 0 saturated carbocycles. The summed E-state index contributed by atoms with van der Waals surface area (Å²) in [5.74, 6) is -0.815. The van der Waals surface area contributed by atoms with Crippen LogP contribution in [0.3, 0.4) is 0 Å². The number of carbonyl (C=O) groups is 2. The molecule has 3 heteroatoms. The highest BCUT2D eigenvalue weighted by molar-refractivity contribution is 6.07. The van der Waals surface area contributed by atoms with Gasteiger partial charge in [-0.1, -0.05) is 13.0 Å². The van der Waals surface area contributed by atoms with E-state index in [0.717, 1.165) is 12.8 Å². The average molecular weight is 166 g/mol. The van der Waals surface area contributed by atoms with E-state index in [0.29, 0.717) is 5.57 Å². The lowest BCUT2D eigenvalue weighted by atomic mass is 9.81. The minimum absolute atomic E-state index is 0.254. The summed E-state index contributed by atoms with van der Waals surface area (Å²) in [5.41, 5.74) is 0.582. The molecule has 0 aromatic carbocycles. The zero-order valence-electron chi connectivity index (χ0n) is 6.87. The van der Waals surface area contributed by atoms with E-state index in [9.17, 15) is 9.59 Å². The van der Waals surface area contributed by atoms with E-state index in [4.69, 9.17) is 0 Å². The highest BCUT2D eigenvalue weighted by Gasteiger charge is 2.43. The fourth-order valence-corrected chi connectivity index (χ4v) is 1.89. The maximum Gasteiger partial charge on any atom is 0.342 e. The first-order chi connectivity index (χ1) is 5.70. The third-order valence-corrected chi connectivity index (χ3v) is 2.57. The molecule has 0 bridgehead atoms. The van der Waals surface area contributed by atoms with Gasteiger partial charge in [0.1, 0.15) is 0 Å². The third-order valence-electron chi connectivity index (χ3n) is 2.57. The molecule has 3 nitrogen and oxygen atoms in total. The summed E-state index contributed by atoms with van der Waals surface area (Å²) in [7, 11) is 0. The molecule has 1 aliphatic heterocycles. The molecule has 0 aromatic rings. The van der Waals surface area contributed by atoms with Crippen molar-refractivity contribution in [3.63, 3.8) is 0 Å². The Morgan fingerprint density at radius 1 is 1.50 bits per heavy atom. The van der Waals surface area contributed by atoms with Crippen molar-refractivity contribution in [2.45, 2.75) is 19.8 Å². The second-order valence-electron chi connectivity index (χ2n) is 3.40. The summed E-state index contributed by atoms with van der Waals surface area (Å²) in [4.78, 5) is 22.2. The van der Waals surface area contributed by atoms with Gasteiger partial charge >= 0.3 is 11.9 Å². The standard InChI is InChI=1S/C9H10O3/c1-5-3-2-4-6-7(5)9(11)12-8(6)10/h4-5,7H,2-3H2,1H3/t5-,7+/m0/s1. The van der Waals surface area contributed by atoms with Crippen LogP contribution in [0.15, 0.2) is 11.6 Å². The highest BCUT2D eigenvalue weighted by atomic mass is 16.6. The number of rotatable bonds is 0. The smallest absolute Gasteiger partial charge is 0.342 e. The molecule has 1 aliphatic carbocycles. The predicted molar refractivity (Wildman–Crippen MR) is 41.1 cm³/mol. The Morgan fingerprint density at radius 3 is 2.92 bits per heavy atom. The van der Waals surface area contributed by atoms with Gasteiger partial charge in [0, 0.05) is 5.57 Å². The van der Waals surface area contributed by atoms with Crippen LogP contribution in [0, 0.1) is 11.8 Å². The largest absolute Gasteiger partial charge is 0.389 e. The van der Waals surface area contributed by atoms with Crippen molar-refractivity contribution < 1.29 is 14.3 Å². The summed E-state index contributed by atoms with van der Waals surface area (Å²) >= 11 is 0. The van der Waals surface area contributed by atoms with Gasteiger partial charge in [-0.2, -0.15) is 0 Å². The minimum Gasteiger partial charge on any atom is -0.389 e. The maximum absolute atomic E-state index is 11.1. The third kappa shape index (κ3) is 0.891. The number of ether oxygens (including phenoxy) is 1. The van der Waals surface area contributed by atoms with Crippen molar-refractivity contribution in [1.29, 1.82) is 0 Å². The van der Waals surface area contributed by atoms with Gasteiger partial charge in [0.25, 0.3) is 0 Å². The zero-order chi connectivity index (χ0) is 8.72. The van der Waals surface area contributed by atoms with Gasteiger partial charge < -0.3 is 4.74 Å². The molecular weight excluding hydrogens is 156 g/mol. The first kappa shape index (κ1) is 7.53. The molecule has 0 radical (unpaired) electrons. The maximum atomic E-state index is 11.1. The number of hydrogen-bond donors (Lipinski definition) is 0. The number of allylic oxidation sites excluding steroid dienone is 1. The Bertz CT molecular complexity index is 277. The van der Waals surface area contributed by atoms with Crippen LogP contribution in [0.25, 0.3) is 0 Å². The van der Waals surface area contributed by atoms with Gasteiger partial charge in [0.2, 0.25) is 0 Å². The van der Waals surface area contributed by atoms with E-state index in [-0.39, 0.29) is 17.8 Å². The predicted octanol–water partition coefficient (Wildman–Crippen LogP) is 1.04. The van der Waals surface area contributed by atoms with Crippen molar-refractivity contribution in [3.05, 3.63) is 11.6 Å². The molecule has 1 fully saturated rings. The topological polar surface area (TPSA) is 43.4 Å². The van der Waals surface area contributed by atoms with E-state index in [1.165, 1.54) is 0 Å². The van der Waals surface area contributed by atoms with Crippen LogP contribution < -0.4 is 0 Å². The number of cyclic esters (lactones) is 2. The van der Waals surface area contributed by atoms with Crippen LogP contribution >= 0.6 is 0 Å². The van der Waals surface area contributed by atoms with Crippen molar-refractivity contribution in [2.75, 3.05) is 0 Å². The number of hydrogen-bond acceptors (Lipinski definition) is 3. The fourth-order valence-electron chi connectivity index (χ4n) is 1.89. The SMILES string of the molecule is C[C@H]1CCC=C2C(=O)OC(=O)[C@@H]21. The molecule has 2 aliphatic rings. The Morgan fingerprint density at radius 2 is 2.25 bits per heavy atom. The molecule has 0 aromatic heterocycles. The van der Waals surface area contributed by atoms with Crippen molar-refractivity contribution in [3.8, 4) is 0 Å². The van der Waals surface area contributed by atoms with Crippen molar-refractivity contribution in [1.82, 2.24) is 0 Å². The van der Waals surface area contributed by atoms with E-state index in [1.54, 1.807) is 0 Å². The first-order valence-electron chi connectivity index (χ1n) is 4.16. The lowest BCUT2D eigenvalue weighted by molar-refractivity contribution is -0.153. The second-order valence-corrected chi connectivity index (χ2v) is 3.40. The van der Waals surface area contributed by atoms with Crippen LogP contribution in [-0.2, 0) is 14.3 Å². The van der Waals surface area contributed by atoms with Crippen LogP contribution in [0.1, 0.15) is 19.8 Å². The van der Waals surface area contributed by atoms with Gasteiger partial charge in [-0.15, -0.1) is 0 Å². The Kier molecular flexibility index (Phi) is 1.53. The van der Waals surface area contributed by atoms with E-state index in [1.807, 2.05) is 13.0 Å². The molecule has 0 N–H and O–H groups in total. The fraction of sp³-hybridized carbons (Fsp3) is 0.556. The summed E-state index contributed by atoms with van der Waals surface area (Å²) in [5, 5.41) is 0. The Hall–Kier alpha value is -1.12. The van der Waals surface area contributed by atoms with Gasteiger partial charge in [-0.3, -0.25) is 4.79 Å². The molecule has 1 saturated heterocycles. The molecule has 0 spiro atoms. The monoisotopic (exact) mass is 166 g/mol. The minimum atomic E-state index is -0.434. The molecule has 0 amide bonds. The lowest BCUT2D eigenvalue weighted by Gasteiger charge is -2.19. The van der Waals surface area contributed by atoms with Crippen molar-refractivity contribution >= 4 is 11.9 Å². The van der Waals surface area contributed by atoms with Gasteiger partial charge in [0.15, 0.2) is 0 Å². The number of esters is 2. The molecule has 12 heavy (non-hydrogen) atoms. The highest BCUT2D eigenvalue weighted by Crippen LogP contribution is 2.36. The van der Waals surface area contributed by atoms with Gasteiger partial charge in [-0.25, -0.2) is 4.79 Å². The zero-order valence-corrected chi connectivity index (χ0v) is 6.87. The van der Waals surface area contributed by atoms with Crippen LogP contribution in [0.2, 0.25) is 0 Å². The van der Waals surface area contributed by atoms with Gasteiger partial charge in [-0.05, 0) is 18.8 Å². The molecule has 64 valence electrons. The summed E-state index contributed by atoms with van der Waals surface area (Å²) in [6.07, 6.45) is 3.68. The van der Waals surface area contributed by atoms with E-state index < -0.39 is 5.97 Å². The Balaban J connectivity index is 2.39. The normalized spacial score (nSPS) is 34.2.